The third-order valence-electron chi connectivity index (χ3n) is 2.26. The Kier molecular flexibility index (Phi) is 6.52. The zero-order valence-electron chi connectivity index (χ0n) is 10.7. The predicted molar refractivity (Wildman–Crippen MR) is 76.3 cm³/mol. The number of hydrogen-bond acceptors (Lipinski definition) is 5. The van der Waals surface area contributed by atoms with Gasteiger partial charge < -0.3 is 10.1 Å². The Morgan fingerprint density at radius 3 is 2.67 bits per heavy atom. The van der Waals surface area contributed by atoms with Gasteiger partial charge in [-0.1, -0.05) is 12.1 Å². The normalized spacial score (nSPS) is 11.4. The fourth-order valence-electron chi connectivity index (χ4n) is 1.35. The van der Waals surface area contributed by atoms with E-state index in [4.69, 9.17) is 4.74 Å². The van der Waals surface area contributed by atoms with Gasteiger partial charge in [0.25, 0.3) is 0 Å². The summed E-state index contributed by atoms with van der Waals surface area (Å²) in [5.74, 6) is 1.03. The van der Waals surface area contributed by atoms with Crippen molar-refractivity contribution in [3.8, 4) is 5.75 Å². The highest BCUT2D eigenvalue weighted by molar-refractivity contribution is 7.98. The molecule has 0 atom stereocenters. The fourth-order valence-corrected chi connectivity index (χ4v) is 2.41. The lowest BCUT2D eigenvalue weighted by Gasteiger charge is -2.10. The van der Waals surface area contributed by atoms with Crippen molar-refractivity contribution in [2.24, 2.45) is 0 Å². The number of nitrogens with one attached hydrogen (secondary N) is 1. The summed E-state index contributed by atoms with van der Waals surface area (Å²) in [7, 11) is -2.88. The van der Waals surface area contributed by atoms with Crippen LogP contribution >= 0.6 is 11.8 Å². The van der Waals surface area contributed by atoms with Crippen molar-refractivity contribution in [3.63, 3.8) is 0 Å². The van der Waals surface area contributed by atoms with Crippen molar-refractivity contribution >= 4 is 21.6 Å². The van der Waals surface area contributed by atoms with Crippen LogP contribution in [0.15, 0.2) is 29.2 Å². The number of sulfone groups is 1. The van der Waals surface area contributed by atoms with Gasteiger partial charge in [0, 0.05) is 24.2 Å². The van der Waals surface area contributed by atoms with Crippen LogP contribution in [0.25, 0.3) is 0 Å². The molecule has 0 fully saturated rings. The molecule has 0 unspecified atom stereocenters. The molecule has 0 spiro atoms. The largest absolute Gasteiger partial charge is 0.491 e. The third kappa shape index (κ3) is 6.28. The molecule has 0 aliphatic rings. The van der Waals surface area contributed by atoms with E-state index >= 15 is 0 Å². The summed E-state index contributed by atoms with van der Waals surface area (Å²) in [4.78, 5) is 1.11. The molecule has 1 aromatic carbocycles. The molecule has 0 saturated carbocycles. The van der Waals surface area contributed by atoms with Gasteiger partial charge in [-0.25, -0.2) is 8.42 Å². The molecule has 4 nitrogen and oxygen atoms in total. The first-order valence-electron chi connectivity index (χ1n) is 5.67. The van der Waals surface area contributed by atoms with Crippen molar-refractivity contribution in [3.05, 3.63) is 24.3 Å². The minimum Gasteiger partial charge on any atom is -0.491 e. The number of ether oxygens (including phenoxy) is 1. The highest BCUT2D eigenvalue weighted by Crippen LogP contribution is 2.26. The molecule has 1 rings (SSSR count). The van der Waals surface area contributed by atoms with Crippen LogP contribution in [0, 0.1) is 0 Å². The second-order valence-electron chi connectivity index (χ2n) is 3.88. The van der Waals surface area contributed by atoms with Crippen LogP contribution in [0.2, 0.25) is 0 Å². The first kappa shape index (κ1) is 15.3. The van der Waals surface area contributed by atoms with Gasteiger partial charge in [0.1, 0.15) is 22.2 Å². The number of benzene rings is 1. The molecule has 102 valence electrons. The van der Waals surface area contributed by atoms with Crippen LogP contribution in [0.3, 0.4) is 0 Å². The fraction of sp³-hybridized carbons (Fsp3) is 0.500. The molecule has 0 aliphatic carbocycles. The minimum absolute atomic E-state index is 0.161. The Labute approximate surface area is 113 Å². The van der Waals surface area contributed by atoms with E-state index in [-0.39, 0.29) is 5.75 Å². The van der Waals surface area contributed by atoms with Crippen LogP contribution in [-0.4, -0.2) is 46.4 Å². The van der Waals surface area contributed by atoms with E-state index in [1.807, 2.05) is 30.5 Å². The average molecular weight is 289 g/mol. The van der Waals surface area contributed by atoms with Crippen molar-refractivity contribution < 1.29 is 13.2 Å². The van der Waals surface area contributed by atoms with Crippen molar-refractivity contribution in [2.45, 2.75) is 4.90 Å². The minimum atomic E-state index is -2.88. The topological polar surface area (TPSA) is 55.4 Å². The van der Waals surface area contributed by atoms with E-state index in [2.05, 4.69) is 5.32 Å². The van der Waals surface area contributed by atoms with E-state index in [1.165, 1.54) is 6.26 Å². The second kappa shape index (κ2) is 7.66. The van der Waals surface area contributed by atoms with E-state index in [1.54, 1.807) is 11.8 Å². The first-order chi connectivity index (χ1) is 8.53. The maximum Gasteiger partial charge on any atom is 0.148 e. The number of rotatable bonds is 8. The SMILES string of the molecule is CSc1ccccc1OCCNCCS(C)(=O)=O. The maximum absolute atomic E-state index is 10.9. The second-order valence-corrected chi connectivity index (χ2v) is 6.99. The molecule has 0 saturated heterocycles. The monoisotopic (exact) mass is 289 g/mol. The maximum atomic E-state index is 10.9. The molecule has 6 heteroatoms. The van der Waals surface area contributed by atoms with E-state index < -0.39 is 9.84 Å². The van der Waals surface area contributed by atoms with E-state index in [9.17, 15) is 8.42 Å². The van der Waals surface area contributed by atoms with Crippen LogP contribution in [0.1, 0.15) is 0 Å². The smallest absolute Gasteiger partial charge is 0.148 e. The summed E-state index contributed by atoms with van der Waals surface area (Å²) in [5.41, 5.74) is 0. The summed E-state index contributed by atoms with van der Waals surface area (Å²) in [6.45, 7) is 1.63. The Bertz CT molecular complexity index is 460. The molecule has 0 heterocycles. The highest BCUT2D eigenvalue weighted by atomic mass is 32.2. The lowest BCUT2D eigenvalue weighted by molar-refractivity contribution is 0.308. The molecule has 0 aromatic heterocycles. The highest BCUT2D eigenvalue weighted by Gasteiger charge is 2.02. The lowest BCUT2D eigenvalue weighted by atomic mass is 10.3. The van der Waals surface area contributed by atoms with Gasteiger partial charge in [0.15, 0.2) is 0 Å². The molecule has 0 radical (unpaired) electrons. The Morgan fingerprint density at radius 1 is 1.28 bits per heavy atom. The van der Waals surface area contributed by atoms with Gasteiger partial charge in [-0.3, -0.25) is 0 Å². The Hall–Kier alpha value is -0.720. The van der Waals surface area contributed by atoms with Crippen LogP contribution in [-0.2, 0) is 9.84 Å². The van der Waals surface area contributed by atoms with Crippen LogP contribution in [0.4, 0.5) is 0 Å². The summed E-state index contributed by atoms with van der Waals surface area (Å²) in [5, 5.41) is 3.04. The van der Waals surface area contributed by atoms with Gasteiger partial charge in [-0.05, 0) is 18.4 Å². The standard InChI is InChI=1S/C12H19NO3S2/c1-17-12-6-4-3-5-11(12)16-9-7-13-8-10-18(2,14)15/h3-6,13H,7-10H2,1-2H3. The molecule has 1 aromatic rings. The number of para-hydroxylation sites is 1. The third-order valence-corrected chi connectivity index (χ3v) is 3.98. The number of thioether (sulfide) groups is 1. The van der Waals surface area contributed by atoms with Gasteiger partial charge in [0.2, 0.25) is 0 Å². The quantitative estimate of drug-likeness (QED) is 0.579. The van der Waals surface area contributed by atoms with Crippen LogP contribution < -0.4 is 10.1 Å². The Morgan fingerprint density at radius 2 is 2.00 bits per heavy atom. The zero-order valence-corrected chi connectivity index (χ0v) is 12.3. The van der Waals surface area contributed by atoms with E-state index in [0.29, 0.717) is 19.7 Å². The average Bonchev–Trinajstić information content (AvgIpc) is 2.32. The summed E-state index contributed by atoms with van der Waals surface area (Å²) < 4.78 is 27.4. The van der Waals surface area contributed by atoms with Crippen LogP contribution in [0.5, 0.6) is 5.75 Å². The van der Waals surface area contributed by atoms with Gasteiger partial charge in [0.05, 0.1) is 5.75 Å². The molecule has 0 amide bonds. The molecular weight excluding hydrogens is 270 g/mol. The van der Waals surface area contributed by atoms with Crippen molar-refractivity contribution in [1.29, 1.82) is 0 Å². The summed E-state index contributed by atoms with van der Waals surface area (Å²) in [6.07, 6.45) is 3.24. The molecule has 18 heavy (non-hydrogen) atoms. The molecule has 0 bridgehead atoms. The summed E-state index contributed by atoms with van der Waals surface area (Å²) >= 11 is 1.64. The van der Waals surface area contributed by atoms with Crippen molar-refractivity contribution in [2.75, 3.05) is 38.0 Å². The van der Waals surface area contributed by atoms with E-state index in [0.717, 1.165) is 10.6 Å². The van der Waals surface area contributed by atoms with Gasteiger partial charge >= 0.3 is 0 Å². The van der Waals surface area contributed by atoms with Gasteiger partial charge in [-0.2, -0.15) is 0 Å². The molecule has 0 aliphatic heterocycles. The lowest BCUT2D eigenvalue weighted by Crippen LogP contribution is -2.26. The summed E-state index contributed by atoms with van der Waals surface area (Å²) in [6, 6.07) is 7.86. The predicted octanol–water partition coefficient (Wildman–Crippen LogP) is 1.42. The van der Waals surface area contributed by atoms with Gasteiger partial charge in [-0.15, -0.1) is 11.8 Å². The molecule has 1 N–H and O–H groups in total. The molecular formula is C12H19NO3S2. The Balaban J connectivity index is 2.22. The first-order valence-corrected chi connectivity index (χ1v) is 8.96. The zero-order chi connectivity index (χ0) is 13.4. The number of hydrogen-bond donors (Lipinski definition) is 1. The van der Waals surface area contributed by atoms with Crippen molar-refractivity contribution in [1.82, 2.24) is 5.32 Å².